The molecule has 3 rings (SSSR count). The highest BCUT2D eigenvalue weighted by atomic mass is 16.5. The van der Waals surface area contributed by atoms with E-state index in [2.05, 4.69) is 0 Å². The topological polar surface area (TPSA) is 74.3 Å². The van der Waals surface area contributed by atoms with Gasteiger partial charge in [0.05, 0.1) is 27.2 Å². The molecule has 7 heteroatoms. The van der Waals surface area contributed by atoms with E-state index in [1.54, 1.807) is 38.4 Å². The molecule has 1 aliphatic heterocycles. The number of hydrogen-bond acceptors (Lipinski definition) is 6. The number of carbonyl (C=O) groups is 2. The molecule has 1 saturated carbocycles. The Morgan fingerprint density at radius 1 is 0.933 bits per heavy atom. The van der Waals surface area contributed by atoms with E-state index in [1.807, 2.05) is 6.92 Å². The molecule has 1 aliphatic carbocycles. The van der Waals surface area contributed by atoms with Crippen LogP contribution in [-0.4, -0.2) is 56.8 Å². The van der Waals surface area contributed by atoms with E-state index in [-0.39, 0.29) is 18.0 Å². The second-order valence-electron chi connectivity index (χ2n) is 8.07. The van der Waals surface area contributed by atoms with Gasteiger partial charge in [-0.1, -0.05) is 0 Å². The maximum Gasteiger partial charge on any atom is 0.329 e. The molecule has 0 spiro atoms. The minimum Gasteiger partial charge on any atom is -0.493 e. The molecule has 0 aromatic heterocycles. The predicted molar refractivity (Wildman–Crippen MR) is 112 cm³/mol. The van der Waals surface area contributed by atoms with Crippen LogP contribution in [0.2, 0.25) is 0 Å². The number of piperidine rings is 1. The van der Waals surface area contributed by atoms with E-state index in [4.69, 9.17) is 18.9 Å². The van der Waals surface area contributed by atoms with Crippen LogP contribution in [0, 0.1) is 0 Å². The Labute approximate surface area is 178 Å². The van der Waals surface area contributed by atoms with Crippen LogP contribution in [-0.2, 0) is 14.3 Å². The first-order chi connectivity index (χ1) is 14.5. The average Bonchev–Trinajstić information content (AvgIpc) is 3.29. The lowest BCUT2D eigenvalue weighted by atomic mass is 9.95. The summed E-state index contributed by atoms with van der Waals surface area (Å²) in [5, 5.41) is 0. The van der Waals surface area contributed by atoms with Gasteiger partial charge in [0.15, 0.2) is 11.5 Å². The Hall–Kier alpha value is -2.44. The highest BCUT2D eigenvalue weighted by Gasteiger charge is 2.37. The quantitative estimate of drug-likeness (QED) is 0.628. The molecular formula is C23H33NO6. The SMILES string of the molecule is COc1cc([C@H](C)C(=O)N2CCCC[C@H]2C(=O)OC2CCCC2)cc(OC)c1OC. The number of nitrogens with zero attached hydrogens (tertiary/aromatic N) is 1. The third-order valence-electron chi connectivity index (χ3n) is 6.20. The fraction of sp³-hybridized carbons (Fsp3) is 0.652. The molecule has 2 aliphatic rings. The van der Waals surface area contributed by atoms with Gasteiger partial charge in [-0.15, -0.1) is 0 Å². The normalized spacial score (nSPS) is 20.5. The van der Waals surface area contributed by atoms with Gasteiger partial charge in [-0.3, -0.25) is 4.79 Å². The zero-order valence-corrected chi connectivity index (χ0v) is 18.4. The van der Waals surface area contributed by atoms with Gasteiger partial charge in [0.2, 0.25) is 11.7 Å². The fourth-order valence-electron chi connectivity index (χ4n) is 4.43. The smallest absolute Gasteiger partial charge is 0.329 e. The van der Waals surface area contributed by atoms with E-state index in [1.165, 1.54) is 0 Å². The van der Waals surface area contributed by atoms with Crippen molar-refractivity contribution in [2.75, 3.05) is 27.9 Å². The van der Waals surface area contributed by atoms with Gasteiger partial charge >= 0.3 is 5.97 Å². The number of carbonyl (C=O) groups excluding carboxylic acids is 2. The monoisotopic (exact) mass is 419 g/mol. The standard InChI is InChI=1S/C23H33NO6/c1-15(16-13-19(27-2)21(29-4)20(14-16)28-3)22(25)24-12-8-7-11-18(24)23(26)30-17-9-5-6-10-17/h13-15,17-18H,5-12H2,1-4H3/t15-,18-/m0/s1. The van der Waals surface area contributed by atoms with Crippen LogP contribution in [0.4, 0.5) is 0 Å². The summed E-state index contributed by atoms with van der Waals surface area (Å²) in [5.74, 6) is 0.687. The Kier molecular flexibility index (Phi) is 7.45. The highest BCUT2D eigenvalue weighted by molar-refractivity contribution is 5.89. The molecule has 7 nitrogen and oxygen atoms in total. The molecule has 1 aromatic carbocycles. The van der Waals surface area contributed by atoms with Gasteiger partial charge in [0, 0.05) is 6.54 Å². The van der Waals surface area contributed by atoms with Crippen LogP contribution < -0.4 is 14.2 Å². The number of rotatable bonds is 7. The van der Waals surface area contributed by atoms with Crippen LogP contribution in [0.1, 0.15) is 63.4 Å². The molecule has 0 radical (unpaired) electrons. The number of hydrogen-bond donors (Lipinski definition) is 0. The number of benzene rings is 1. The summed E-state index contributed by atoms with van der Waals surface area (Å²) in [5.41, 5.74) is 0.753. The lowest BCUT2D eigenvalue weighted by Gasteiger charge is -2.36. The molecule has 1 saturated heterocycles. The molecule has 166 valence electrons. The summed E-state index contributed by atoms with van der Waals surface area (Å²) in [6, 6.07) is 3.08. The minimum absolute atomic E-state index is 0.00362. The maximum atomic E-state index is 13.4. The Morgan fingerprint density at radius 2 is 1.53 bits per heavy atom. The van der Waals surface area contributed by atoms with E-state index in [9.17, 15) is 9.59 Å². The maximum absolute atomic E-state index is 13.4. The van der Waals surface area contributed by atoms with Crippen LogP contribution >= 0.6 is 0 Å². The molecule has 0 N–H and O–H groups in total. The second-order valence-corrected chi connectivity index (χ2v) is 8.07. The molecule has 30 heavy (non-hydrogen) atoms. The fourth-order valence-corrected chi connectivity index (χ4v) is 4.43. The van der Waals surface area contributed by atoms with Gasteiger partial charge in [0.25, 0.3) is 0 Å². The van der Waals surface area contributed by atoms with Gasteiger partial charge < -0.3 is 23.8 Å². The van der Waals surface area contributed by atoms with E-state index >= 15 is 0 Å². The van der Waals surface area contributed by atoms with Crippen molar-refractivity contribution in [2.24, 2.45) is 0 Å². The molecular weight excluding hydrogens is 386 g/mol. The Morgan fingerprint density at radius 3 is 2.10 bits per heavy atom. The first-order valence-electron chi connectivity index (χ1n) is 10.8. The van der Waals surface area contributed by atoms with Crippen molar-refractivity contribution >= 4 is 11.9 Å². The van der Waals surface area contributed by atoms with E-state index in [0.717, 1.165) is 44.1 Å². The summed E-state index contributed by atoms with van der Waals surface area (Å²) >= 11 is 0. The van der Waals surface area contributed by atoms with Crippen LogP contribution in [0.3, 0.4) is 0 Å². The molecule has 0 bridgehead atoms. The van der Waals surface area contributed by atoms with Crippen molar-refractivity contribution in [3.8, 4) is 17.2 Å². The molecule has 1 amide bonds. The van der Waals surface area contributed by atoms with Crippen LogP contribution in [0.15, 0.2) is 12.1 Å². The van der Waals surface area contributed by atoms with Gasteiger partial charge in [-0.2, -0.15) is 0 Å². The first kappa shape index (κ1) is 22.2. The zero-order valence-electron chi connectivity index (χ0n) is 18.4. The Balaban J connectivity index is 1.80. The third-order valence-corrected chi connectivity index (χ3v) is 6.20. The summed E-state index contributed by atoms with van der Waals surface area (Å²) in [6.07, 6.45) is 6.52. The van der Waals surface area contributed by atoms with Crippen LogP contribution in [0.25, 0.3) is 0 Å². The van der Waals surface area contributed by atoms with Crippen molar-refractivity contribution < 1.29 is 28.5 Å². The number of amides is 1. The van der Waals surface area contributed by atoms with Crippen molar-refractivity contribution in [3.05, 3.63) is 17.7 Å². The average molecular weight is 420 g/mol. The number of likely N-dealkylation sites (tertiary alicyclic amines) is 1. The molecule has 1 aromatic rings. The first-order valence-corrected chi connectivity index (χ1v) is 10.8. The summed E-state index contributed by atoms with van der Waals surface area (Å²) in [4.78, 5) is 28.0. The number of ether oxygens (including phenoxy) is 4. The van der Waals surface area contributed by atoms with Crippen molar-refractivity contribution in [2.45, 2.75) is 69.9 Å². The van der Waals surface area contributed by atoms with Gasteiger partial charge in [-0.25, -0.2) is 4.79 Å². The number of methoxy groups -OCH3 is 3. The molecule has 0 unspecified atom stereocenters. The lowest BCUT2D eigenvalue weighted by Crippen LogP contribution is -2.50. The van der Waals surface area contributed by atoms with Crippen molar-refractivity contribution in [1.82, 2.24) is 4.90 Å². The third kappa shape index (κ3) is 4.65. The summed E-state index contributed by atoms with van der Waals surface area (Å²) < 4.78 is 22.0. The zero-order chi connectivity index (χ0) is 21.7. The molecule has 1 heterocycles. The predicted octanol–water partition coefficient (Wildman–Crippen LogP) is 3.68. The number of esters is 1. The van der Waals surface area contributed by atoms with Crippen molar-refractivity contribution in [3.63, 3.8) is 0 Å². The van der Waals surface area contributed by atoms with Crippen molar-refractivity contribution in [1.29, 1.82) is 0 Å². The Bertz CT molecular complexity index is 733. The second kappa shape index (κ2) is 10.0. The summed E-state index contributed by atoms with van der Waals surface area (Å²) in [6.45, 7) is 2.41. The lowest BCUT2D eigenvalue weighted by molar-refractivity contribution is -0.161. The largest absolute Gasteiger partial charge is 0.493 e. The van der Waals surface area contributed by atoms with E-state index in [0.29, 0.717) is 30.2 Å². The van der Waals surface area contributed by atoms with Gasteiger partial charge in [-0.05, 0) is 69.6 Å². The minimum atomic E-state index is -0.503. The highest BCUT2D eigenvalue weighted by Crippen LogP contribution is 2.40. The molecule has 2 atom stereocenters. The summed E-state index contributed by atoms with van der Waals surface area (Å²) in [7, 11) is 4.64. The van der Waals surface area contributed by atoms with E-state index < -0.39 is 12.0 Å². The van der Waals surface area contributed by atoms with Gasteiger partial charge in [0.1, 0.15) is 12.1 Å². The van der Waals surface area contributed by atoms with Crippen LogP contribution in [0.5, 0.6) is 17.2 Å². The molecule has 2 fully saturated rings.